The monoisotopic (exact) mass is 400 g/mol. The first kappa shape index (κ1) is 20.6. The molecule has 1 aliphatic heterocycles. The van der Waals surface area contributed by atoms with Crippen LogP contribution in [0.4, 0.5) is 5.69 Å². The molecule has 150 valence electrons. The van der Waals surface area contributed by atoms with E-state index in [1.54, 1.807) is 16.2 Å². The van der Waals surface area contributed by atoms with Crippen LogP contribution in [0.15, 0.2) is 35.7 Å². The number of thiophene rings is 1. The molecule has 28 heavy (non-hydrogen) atoms. The summed E-state index contributed by atoms with van der Waals surface area (Å²) in [5.41, 5.74) is 2.97. The average molecular weight is 401 g/mol. The van der Waals surface area contributed by atoms with E-state index < -0.39 is 0 Å². The maximum atomic E-state index is 12.8. The van der Waals surface area contributed by atoms with Gasteiger partial charge < -0.3 is 15.0 Å². The molecule has 1 atom stereocenters. The highest BCUT2D eigenvalue weighted by molar-refractivity contribution is 7.09. The van der Waals surface area contributed by atoms with Crippen molar-refractivity contribution >= 4 is 28.8 Å². The first-order valence-corrected chi connectivity index (χ1v) is 10.7. The van der Waals surface area contributed by atoms with Crippen LogP contribution in [-0.2, 0) is 20.7 Å². The van der Waals surface area contributed by atoms with Gasteiger partial charge in [-0.1, -0.05) is 18.2 Å². The van der Waals surface area contributed by atoms with Gasteiger partial charge in [0.05, 0.1) is 12.6 Å². The molecule has 5 nitrogen and oxygen atoms in total. The predicted molar refractivity (Wildman–Crippen MR) is 113 cm³/mol. The number of anilines is 1. The van der Waals surface area contributed by atoms with E-state index in [9.17, 15) is 9.59 Å². The zero-order valence-corrected chi connectivity index (χ0v) is 17.4. The van der Waals surface area contributed by atoms with Gasteiger partial charge in [0.25, 0.3) is 0 Å². The minimum absolute atomic E-state index is 0.0000131. The van der Waals surface area contributed by atoms with Crippen molar-refractivity contribution in [2.75, 3.05) is 25.0 Å². The maximum absolute atomic E-state index is 12.8. The molecule has 6 heteroatoms. The van der Waals surface area contributed by atoms with Crippen LogP contribution in [0.5, 0.6) is 0 Å². The highest BCUT2D eigenvalue weighted by atomic mass is 32.1. The quantitative estimate of drug-likeness (QED) is 0.730. The van der Waals surface area contributed by atoms with E-state index in [-0.39, 0.29) is 24.5 Å². The molecule has 3 rings (SSSR count). The number of rotatable bonds is 8. The third-order valence-electron chi connectivity index (χ3n) is 5.18. The van der Waals surface area contributed by atoms with E-state index in [1.807, 2.05) is 49.6 Å². The van der Waals surface area contributed by atoms with E-state index in [1.165, 1.54) is 4.88 Å². The molecule has 1 unspecified atom stereocenters. The van der Waals surface area contributed by atoms with Crippen molar-refractivity contribution < 1.29 is 14.3 Å². The van der Waals surface area contributed by atoms with Crippen LogP contribution in [0.1, 0.15) is 35.3 Å². The average Bonchev–Trinajstić information content (AvgIpc) is 3.37. The lowest BCUT2D eigenvalue weighted by Crippen LogP contribution is -2.42. The first-order chi connectivity index (χ1) is 13.5. The molecular weight excluding hydrogens is 372 g/mol. The van der Waals surface area contributed by atoms with Crippen molar-refractivity contribution in [2.45, 2.75) is 45.6 Å². The molecule has 0 bridgehead atoms. The molecule has 0 radical (unpaired) electrons. The summed E-state index contributed by atoms with van der Waals surface area (Å²) in [4.78, 5) is 28.3. The fraction of sp³-hybridized carbons (Fsp3) is 0.455. The molecule has 2 aromatic rings. The summed E-state index contributed by atoms with van der Waals surface area (Å²) in [6.07, 6.45) is 3.09. The molecule has 1 aromatic carbocycles. The van der Waals surface area contributed by atoms with Crippen LogP contribution < -0.4 is 5.32 Å². The van der Waals surface area contributed by atoms with Gasteiger partial charge in [-0.05, 0) is 61.7 Å². The Kier molecular flexibility index (Phi) is 7.23. The molecule has 1 aromatic heterocycles. The number of hydrogen-bond donors (Lipinski definition) is 1. The molecule has 1 aliphatic rings. The molecule has 0 saturated carbocycles. The van der Waals surface area contributed by atoms with E-state index in [0.717, 1.165) is 36.3 Å². The van der Waals surface area contributed by atoms with E-state index in [2.05, 4.69) is 5.32 Å². The van der Waals surface area contributed by atoms with Crippen molar-refractivity contribution in [3.63, 3.8) is 0 Å². The van der Waals surface area contributed by atoms with Crippen molar-refractivity contribution in [1.82, 2.24) is 4.90 Å². The molecule has 2 amide bonds. The summed E-state index contributed by atoms with van der Waals surface area (Å²) in [7, 11) is 0. The molecule has 1 fully saturated rings. The highest BCUT2D eigenvalue weighted by Gasteiger charge is 2.24. The van der Waals surface area contributed by atoms with E-state index in [4.69, 9.17) is 4.74 Å². The molecule has 0 spiro atoms. The maximum Gasteiger partial charge on any atom is 0.244 e. The molecule has 1 saturated heterocycles. The fourth-order valence-electron chi connectivity index (χ4n) is 3.38. The van der Waals surface area contributed by atoms with E-state index >= 15 is 0 Å². The summed E-state index contributed by atoms with van der Waals surface area (Å²) in [6.45, 7) is 5.26. The topological polar surface area (TPSA) is 58.6 Å². The number of aryl methyl sites for hydroxylation is 2. The van der Waals surface area contributed by atoms with Gasteiger partial charge in [-0.15, -0.1) is 11.3 Å². The van der Waals surface area contributed by atoms with Crippen LogP contribution in [0.3, 0.4) is 0 Å². The third kappa shape index (κ3) is 5.66. The second kappa shape index (κ2) is 9.85. The molecule has 0 aliphatic carbocycles. The zero-order valence-electron chi connectivity index (χ0n) is 16.6. The normalized spacial score (nSPS) is 16.1. The van der Waals surface area contributed by atoms with Crippen LogP contribution in [0.25, 0.3) is 0 Å². The Morgan fingerprint density at radius 3 is 2.82 bits per heavy atom. The largest absolute Gasteiger partial charge is 0.376 e. The van der Waals surface area contributed by atoms with Crippen LogP contribution >= 0.6 is 11.3 Å². The van der Waals surface area contributed by atoms with Crippen LogP contribution in [0, 0.1) is 13.8 Å². The van der Waals surface area contributed by atoms with Gasteiger partial charge in [0, 0.05) is 30.1 Å². The fourth-order valence-corrected chi connectivity index (χ4v) is 4.09. The second-order valence-electron chi connectivity index (χ2n) is 7.28. The lowest BCUT2D eigenvalue weighted by Gasteiger charge is -2.25. The highest BCUT2D eigenvalue weighted by Crippen LogP contribution is 2.19. The Morgan fingerprint density at radius 2 is 2.11 bits per heavy atom. The number of nitrogens with one attached hydrogen (secondary N) is 1. The van der Waals surface area contributed by atoms with E-state index in [0.29, 0.717) is 19.4 Å². The van der Waals surface area contributed by atoms with Gasteiger partial charge in [0.2, 0.25) is 11.8 Å². The minimum Gasteiger partial charge on any atom is -0.376 e. The minimum atomic E-state index is -0.170. The Morgan fingerprint density at radius 1 is 1.25 bits per heavy atom. The summed E-state index contributed by atoms with van der Waals surface area (Å²) in [6, 6.07) is 9.86. The molecule has 2 heterocycles. The Bertz CT molecular complexity index is 798. The number of benzene rings is 1. The predicted octanol–water partition coefficient (Wildman–Crippen LogP) is 3.94. The van der Waals surface area contributed by atoms with Crippen molar-refractivity contribution in [2.24, 2.45) is 0 Å². The standard InChI is InChI=1S/C22H28N2O3S/c1-16-6-3-9-20(17(16)2)23-21(25)15-24(14-18-7-4-12-27-18)22(26)11-10-19-8-5-13-28-19/h3,5-6,8-9,13,18H,4,7,10-12,14-15H2,1-2H3,(H,23,25). The third-order valence-corrected chi connectivity index (χ3v) is 6.12. The zero-order chi connectivity index (χ0) is 19.9. The molecule has 1 N–H and O–H groups in total. The Labute approximate surface area is 170 Å². The number of hydrogen-bond acceptors (Lipinski definition) is 4. The number of carbonyl (C=O) groups excluding carboxylic acids is 2. The Hall–Kier alpha value is -2.18. The molecular formula is C22H28N2O3S. The second-order valence-corrected chi connectivity index (χ2v) is 8.32. The lowest BCUT2D eigenvalue weighted by molar-refractivity contribution is -0.136. The Balaban J connectivity index is 1.62. The lowest BCUT2D eigenvalue weighted by atomic mass is 10.1. The number of ether oxygens (including phenoxy) is 1. The van der Waals surface area contributed by atoms with Crippen molar-refractivity contribution in [3.8, 4) is 0 Å². The van der Waals surface area contributed by atoms with Crippen molar-refractivity contribution in [1.29, 1.82) is 0 Å². The van der Waals surface area contributed by atoms with Gasteiger partial charge in [0.15, 0.2) is 0 Å². The van der Waals surface area contributed by atoms with Gasteiger partial charge in [-0.25, -0.2) is 0 Å². The SMILES string of the molecule is Cc1cccc(NC(=O)CN(CC2CCCO2)C(=O)CCc2cccs2)c1C. The van der Waals surface area contributed by atoms with Gasteiger partial charge in [0.1, 0.15) is 0 Å². The summed E-state index contributed by atoms with van der Waals surface area (Å²) < 4.78 is 5.70. The number of nitrogens with zero attached hydrogens (tertiary/aromatic N) is 1. The number of amides is 2. The van der Waals surface area contributed by atoms with Crippen LogP contribution in [0.2, 0.25) is 0 Å². The summed E-state index contributed by atoms with van der Waals surface area (Å²) in [5.74, 6) is -0.170. The van der Waals surface area contributed by atoms with Crippen LogP contribution in [-0.4, -0.2) is 42.5 Å². The van der Waals surface area contributed by atoms with Gasteiger partial charge in [-0.3, -0.25) is 9.59 Å². The van der Waals surface area contributed by atoms with Crippen molar-refractivity contribution in [3.05, 3.63) is 51.7 Å². The van der Waals surface area contributed by atoms with Gasteiger partial charge in [-0.2, -0.15) is 0 Å². The first-order valence-electron chi connectivity index (χ1n) is 9.81. The number of carbonyl (C=O) groups is 2. The summed E-state index contributed by atoms with van der Waals surface area (Å²) >= 11 is 1.65. The van der Waals surface area contributed by atoms with Gasteiger partial charge >= 0.3 is 0 Å². The smallest absolute Gasteiger partial charge is 0.244 e. The summed E-state index contributed by atoms with van der Waals surface area (Å²) in [5, 5.41) is 4.97.